The van der Waals surface area contributed by atoms with Crippen LogP contribution in [0.15, 0.2) is 34.0 Å². The zero-order valence-corrected chi connectivity index (χ0v) is 17.3. The summed E-state index contributed by atoms with van der Waals surface area (Å²) in [5.41, 5.74) is 3.10. The maximum absolute atomic E-state index is 12.2. The van der Waals surface area contributed by atoms with Crippen LogP contribution in [0.2, 0.25) is 0 Å². The van der Waals surface area contributed by atoms with E-state index in [2.05, 4.69) is 25.8 Å². The lowest BCUT2D eigenvalue weighted by molar-refractivity contribution is -0.113. The molecule has 0 aliphatic carbocycles. The number of carbonyl (C=O) groups is 1. The van der Waals surface area contributed by atoms with E-state index in [0.29, 0.717) is 18.3 Å². The minimum Gasteiger partial charge on any atom is -0.383 e. The number of hydrogen-bond donors (Lipinski definition) is 2. The van der Waals surface area contributed by atoms with Crippen LogP contribution in [0.1, 0.15) is 5.56 Å². The van der Waals surface area contributed by atoms with Gasteiger partial charge in [0, 0.05) is 24.6 Å². The molecule has 27 heavy (non-hydrogen) atoms. The van der Waals surface area contributed by atoms with Gasteiger partial charge in [0.05, 0.1) is 18.1 Å². The van der Waals surface area contributed by atoms with Crippen LogP contribution in [0.25, 0.3) is 11.3 Å². The number of aromatic nitrogens is 3. The average molecular weight is 422 g/mol. The van der Waals surface area contributed by atoms with E-state index >= 15 is 0 Å². The van der Waals surface area contributed by atoms with Crippen LogP contribution in [-0.4, -0.2) is 47.1 Å². The highest BCUT2D eigenvalue weighted by atomic mass is 32.2. The first-order chi connectivity index (χ1) is 13.1. The van der Waals surface area contributed by atoms with E-state index in [-0.39, 0.29) is 11.7 Å². The fourth-order valence-corrected chi connectivity index (χ4v) is 4.38. The van der Waals surface area contributed by atoms with E-state index in [1.807, 2.05) is 36.6 Å². The smallest absolute Gasteiger partial charge is 0.236 e. The van der Waals surface area contributed by atoms with E-state index in [1.165, 1.54) is 40.0 Å². The van der Waals surface area contributed by atoms with Crippen molar-refractivity contribution in [3.05, 3.63) is 35.2 Å². The van der Waals surface area contributed by atoms with Crippen molar-refractivity contribution in [1.82, 2.24) is 15.2 Å². The van der Waals surface area contributed by atoms with E-state index in [0.717, 1.165) is 20.7 Å². The van der Waals surface area contributed by atoms with Gasteiger partial charge in [-0.1, -0.05) is 52.9 Å². The minimum atomic E-state index is -0.117. The number of thiazole rings is 1. The zero-order chi connectivity index (χ0) is 19.1. The molecule has 142 valence electrons. The molecule has 2 N–H and O–H groups in total. The van der Waals surface area contributed by atoms with Gasteiger partial charge in [-0.3, -0.25) is 4.79 Å². The standard InChI is InChI=1S/C17H19N5O2S3/c1-11-3-5-12(6-4-11)13-9-25-16(19-13)20-14(23)10-26-17-22-21-15(27-17)18-7-8-24-2/h3-6,9H,7-8,10H2,1-2H3,(H,18,21)(H,19,20,23). The lowest BCUT2D eigenvalue weighted by Gasteiger charge is -2.00. The molecule has 0 radical (unpaired) electrons. The van der Waals surface area contributed by atoms with Crippen LogP contribution in [0.4, 0.5) is 10.3 Å². The molecule has 10 heteroatoms. The third kappa shape index (κ3) is 5.99. The molecular formula is C17H19N5O2S3. The Morgan fingerprint density at radius 1 is 1.22 bits per heavy atom. The van der Waals surface area contributed by atoms with Gasteiger partial charge in [-0.25, -0.2) is 4.98 Å². The van der Waals surface area contributed by atoms with Crippen LogP contribution >= 0.6 is 34.4 Å². The molecule has 1 amide bonds. The molecule has 0 saturated carbocycles. The zero-order valence-electron chi connectivity index (χ0n) is 14.9. The Balaban J connectivity index is 1.48. The molecular weight excluding hydrogens is 402 g/mol. The molecule has 0 spiro atoms. The van der Waals surface area contributed by atoms with Gasteiger partial charge in [0.15, 0.2) is 9.47 Å². The summed E-state index contributed by atoms with van der Waals surface area (Å²) in [6.45, 7) is 3.32. The highest BCUT2D eigenvalue weighted by Gasteiger charge is 2.11. The van der Waals surface area contributed by atoms with Crippen LogP contribution < -0.4 is 10.6 Å². The molecule has 0 aliphatic heterocycles. The summed E-state index contributed by atoms with van der Waals surface area (Å²) in [4.78, 5) is 16.6. The number of aryl methyl sites for hydroxylation is 1. The van der Waals surface area contributed by atoms with Gasteiger partial charge in [-0.05, 0) is 6.92 Å². The maximum atomic E-state index is 12.2. The van der Waals surface area contributed by atoms with E-state index < -0.39 is 0 Å². The van der Waals surface area contributed by atoms with Crippen molar-refractivity contribution in [1.29, 1.82) is 0 Å². The Hall–Kier alpha value is -2.01. The number of ether oxygens (including phenoxy) is 1. The largest absolute Gasteiger partial charge is 0.383 e. The summed E-state index contributed by atoms with van der Waals surface area (Å²) >= 11 is 4.18. The highest BCUT2D eigenvalue weighted by Crippen LogP contribution is 2.27. The number of hydrogen-bond acceptors (Lipinski definition) is 9. The number of thioether (sulfide) groups is 1. The molecule has 0 fully saturated rings. The van der Waals surface area contributed by atoms with Crippen molar-refractivity contribution in [3.8, 4) is 11.3 Å². The molecule has 2 aromatic heterocycles. The van der Waals surface area contributed by atoms with Crippen molar-refractivity contribution >= 4 is 50.6 Å². The van der Waals surface area contributed by atoms with E-state index in [1.54, 1.807) is 7.11 Å². The molecule has 0 atom stereocenters. The van der Waals surface area contributed by atoms with Crippen molar-refractivity contribution in [2.75, 3.05) is 36.6 Å². The summed E-state index contributed by atoms with van der Waals surface area (Å²) in [6.07, 6.45) is 0. The number of benzene rings is 1. The number of carbonyl (C=O) groups excluding carboxylic acids is 1. The molecule has 0 bridgehead atoms. The minimum absolute atomic E-state index is 0.117. The Morgan fingerprint density at radius 2 is 2.04 bits per heavy atom. The van der Waals surface area contributed by atoms with Gasteiger partial charge < -0.3 is 15.4 Å². The molecule has 3 aromatic rings. The predicted molar refractivity (Wildman–Crippen MR) is 112 cm³/mol. The first-order valence-electron chi connectivity index (χ1n) is 8.15. The average Bonchev–Trinajstić information content (AvgIpc) is 3.31. The number of anilines is 2. The van der Waals surface area contributed by atoms with Gasteiger partial charge in [0.25, 0.3) is 0 Å². The quantitative estimate of drug-likeness (QED) is 0.402. The SMILES string of the molecule is COCCNc1nnc(SCC(=O)Nc2nc(-c3ccc(C)cc3)cs2)s1. The van der Waals surface area contributed by atoms with E-state index in [9.17, 15) is 4.79 Å². The van der Waals surface area contributed by atoms with Crippen molar-refractivity contribution in [3.63, 3.8) is 0 Å². The Bertz CT molecular complexity index is 879. The number of nitrogens with zero attached hydrogens (tertiary/aromatic N) is 3. The fourth-order valence-electron chi connectivity index (χ4n) is 2.07. The van der Waals surface area contributed by atoms with Crippen LogP contribution in [0.5, 0.6) is 0 Å². The van der Waals surface area contributed by atoms with Gasteiger partial charge in [0.2, 0.25) is 11.0 Å². The summed E-state index contributed by atoms with van der Waals surface area (Å²) in [5, 5.41) is 17.3. The topological polar surface area (TPSA) is 89.0 Å². The Morgan fingerprint density at radius 3 is 2.81 bits per heavy atom. The normalized spacial score (nSPS) is 10.7. The monoisotopic (exact) mass is 421 g/mol. The second kappa shape index (κ2) is 9.79. The molecule has 0 unspecified atom stereocenters. The first-order valence-corrected chi connectivity index (χ1v) is 10.8. The summed E-state index contributed by atoms with van der Waals surface area (Å²) in [6, 6.07) is 8.15. The fraction of sp³-hybridized carbons (Fsp3) is 0.294. The second-order valence-electron chi connectivity index (χ2n) is 5.53. The number of amides is 1. The third-order valence-corrected chi connectivity index (χ3v) is 6.19. The maximum Gasteiger partial charge on any atom is 0.236 e. The van der Waals surface area contributed by atoms with Gasteiger partial charge in [-0.15, -0.1) is 21.5 Å². The Labute approximate surface area is 169 Å². The molecule has 3 rings (SSSR count). The van der Waals surface area contributed by atoms with Crippen molar-refractivity contribution in [2.24, 2.45) is 0 Å². The van der Waals surface area contributed by atoms with Crippen LogP contribution in [-0.2, 0) is 9.53 Å². The molecule has 1 aromatic carbocycles. The highest BCUT2D eigenvalue weighted by molar-refractivity contribution is 8.01. The van der Waals surface area contributed by atoms with Crippen LogP contribution in [0, 0.1) is 6.92 Å². The van der Waals surface area contributed by atoms with Gasteiger partial charge >= 0.3 is 0 Å². The number of nitrogens with one attached hydrogen (secondary N) is 2. The summed E-state index contributed by atoms with van der Waals surface area (Å²) in [5.74, 6) is 0.139. The molecule has 7 nitrogen and oxygen atoms in total. The lowest BCUT2D eigenvalue weighted by atomic mass is 10.1. The first kappa shape index (κ1) is 19.7. The summed E-state index contributed by atoms with van der Waals surface area (Å²) in [7, 11) is 1.65. The second-order valence-corrected chi connectivity index (χ2v) is 8.59. The van der Waals surface area contributed by atoms with Gasteiger partial charge in [0.1, 0.15) is 0 Å². The summed E-state index contributed by atoms with van der Waals surface area (Å²) < 4.78 is 5.71. The molecule has 2 heterocycles. The van der Waals surface area contributed by atoms with Crippen molar-refractivity contribution in [2.45, 2.75) is 11.3 Å². The Kier molecular flexibility index (Phi) is 7.16. The number of methoxy groups -OCH3 is 1. The van der Waals surface area contributed by atoms with E-state index in [4.69, 9.17) is 4.74 Å². The molecule has 0 aliphatic rings. The predicted octanol–water partition coefficient (Wildman–Crippen LogP) is 3.76. The van der Waals surface area contributed by atoms with Crippen LogP contribution in [0.3, 0.4) is 0 Å². The van der Waals surface area contributed by atoms with Gasteiger partial charge in [-0.2, -0.15) is 0 Å². The lowest BCUT2D eigenvalue weighted by Crippen LogP contribution is -2.13. The number of rotatable bonds is 9. The third-order valence-electron chi connectivity index (χ3n) is 3.41. The molecule has 0 saturated heterocycles. The van der Waals surface area contributed by atoms with Crippen molar-refractivity contribution < 1.29 is 9.53 Å².